The van der Waals surface area contributed by atoms with E-state index in [0.29, 0.717) is 28.5 Å². The lowest BCUT2D eigenvalue weighted by atomic mass is 10.2. The first-order valence-corrected chi connectivity index (χ1v) is 7.87. The van der Waals surface area contributed by atoms with Crippen molar-refractivity contribution < 1.29 is 18.0 Å². The highest BCUT2D eigenvalue weighted by Crippen LogP contribution is 2.41. The summed E-state index contributed by atoms with van der Waals surface area (Å²) in [7, 11) is 0. The first kappa shape index (κ1) is 17.0. The molecule has 1 amide bonds. The van der Waals surface area contributed by atoms with E-state index in [1.807, 2.05) is 0 Å². The molecule has 0 aliphatic carbocycles. The minimum atomic E-state index is -4.11. The molecule has 1 aromatic heterocycles. The molecule has 0 unspecified atom stereocenters. The topological polar surface area (TPSA) is 81.1 Å². The summed E-state index contributed by atoms with van der Waals surface area (Å²) in [5.41, 5.74) is 11.3. The Kier molecular flexibility index (Phi) is 6.00. The molecule has 1 heterocycles. The lowest BCUT2D eigenvalue weighted by Gasteiger charge is -2.08. The quantitative estimate of drug-likeness (QED) is 0.530. The molecule has 5 N–H and O–H groups in total. The molecule has 0 radical (unpaired) electrons. The number of halogens is 3. The Balaban J connectivity index is 2.56. The van der Waals surface area contributed by atoms with Crippen LogP contribution in [-0.4, -0.2) is 24.9 Å². The first-order valence-electron chi connectivity index (χ1n) is 5.83. The highest BCUT2D eigenvalue weighted by Gasteiger charge is 2.25. The molecule has 0 fully saturated rings. The Morgan fingerprint density at radius 1 is 1.40 bits per heavy atom. The van der Waals surface area contributed by atoms with Crippen LogP contribution < -0.4 is 16.8 Å². The molecule has 0 aliphatic heterocycles. The number of thioether (sulfide) groups is 1. The van der Waals surface area contributed by atoms with Crippen molar-refractivity contribution in [3.05, 3.63) is 4.88 Å². The second-order valence-electron chi connectivity index (χ2n) is 4.07. The van der Waals surface area contributed by atoms with E-state index >= 15 is 0 Å². The number of amides is 1. The smallest absolute Gasteiger partial charge is 0.389 e. The number of primary amides is 1. The molecule has 0 aromatic carbocycles. The molecule has 1 rings (SSSR count). The second kappa shape index (κ2) is 7.07. The number of nitrogen functional groups attached to an aromatic ring is 1. The van der Waals surface area contributed by atoms with Crippen LogP contribution >= 0.6 is 23.1 Å². The van der Waals surface area contributed by atoms with Crippen LogP contribution in [-0.2, 0) is 0 Å². The predicted molar refractivity (Wildman–Crippen MR) is 77.4 cm³/mol. The van der Waals surface area contributed by atoms with E-state index in [4.69, 9.17) is 11.5 Å². The third-order valence-corrected chi connectivity index (χ3v) is 4.64. The van der Waals surface area contributed by atoms with Crippen molar-refractivity contribution in [2.75, 3.05) is 23.9 Å². The molecule has 0 bridgehead atoms. The fourth-order valence-corrected chi connectivity index (χ4v) is 3.50. The van der Waals surface area contributed by atoms with Gasteiger partial charge in [-0.15, -0.1) is 23.1 Å². The third kappa shape index (κ3) is 4.78. The zero-order valence-electron chi connectivity index (χ0n) is 10.8. The van der Waals surface area contributed by atoms with Crippen LogP contribution in [0.5, 0.6) is 0 Å². The van der Waals surface area contributed by atoms with Crippen LogP contribution in [0.1, 0.15) is 28.9 Å². The molecular formula is C11H16F3N3OS2. The van der Waals surface area contributed by atoms with Gasteiger partial charge in [0.15, 0.2) is 0 Å². The molecule has 114 valence electrons. The maximum Gasteiger partial charge on any atom is 0.389 e. The minimum Gasteiger partial charge on any atom is -0.396 e. The number of carbonyl (C=O) groups is 1. The molecule has 0 aliphatic rings. The van der Waals surface area contributed by atoms with E-state index in [1.54, 1.807) is 6.26 Å². The van der Waals surface area contributed by atoms with E-state index in [0.717, 1.165) is 11.3 Å². The largest absolute Gasteiger partial charge is 0.396 e. The van der Waals surface area contributed by atoms with Gasteiger partial charge >= 0.3 is 6.18 Å². The molecule has 4 nitrogen and oxygen atoms in total. The van der Waals surface area contributed by atoms with Gasteiger partial charge in [0.2, 0.25) is 0 Å². The number of carbonyl (C=O) groups excluding carboxylic acids is 1. The van der Waals surface area contributed by atoms with Crippen molar-refractivity contribution in [3.63, 3.8) is 0 Å². The van der Waals surface area contributed by atoms with Crippen LogP contribution in [0.4, 0.5) is 23.9 Å². The van der Waals surface area contributed by atoms with E-state index in [2.05, 4.69) is 5.32 Å². The number of nitrogens with one attached hydrogen (secondary N) is 1. The second-order valence-corrected chi connectivity index (χ2v) is 5.91. The van der Waals surface area contributed by atoms with Crippen molar-refractivity contribution in [2.45, 2.75) is 30.3 Å². The van der Waals surface area contributed by atoms with Crippen molar-refractivity contribution in [2.24, 2.45) is 5.73 Å². The number of nitrogens with two attached hydrogens (primary N) is 2. The van der Waals surface area contributed by atoms with Crippen LogP contribution in [0.15, 0.2) is 4.90 Å². The molecule has 1 aromatic rings. The van der Waals surface area contributed by atoms with Crippen molar-refractivity contribution in [1.82, 2.24) is 0 Å². The number of hydrogen-bond donors (Lipinski definition) is 3. The maximum atomic E-state index is 12.0. The third-order valence-electron chi connectivity index (χ3n) is 2.50. The highest BCUT2D eigenvalue weighted by atomic mass is 32.2. The van der Waals surface area contributed by atoms with Gasteiger partial charge in [-0.1, -0.05) is 0 Å². The standard InChI is InChI=1S/C11H16F3N3OS2/c1-19-8-6(15)7(9(16)18)20-10(8)17-5-3-2-4-11(12,13)14/h17H,2-5,15H2,1H3,(H2,16,18). The fraction of sp³-hybridized carbons (Fsp3) is 0.545. The van der Waals surface area contributed by atoms with Crippen molar-refractivity contribution in [1.29, 1.82) is 0 Å². The summed E-state index contributed by atoms with van der Waals surface area (Å²) in [6.07, 6.45) is -2.65. The lowest BCUT2D eigenvalue weighted by Crippen LogP contribution is -2.10. The number of anilines is 2. The van der Waals surface area contributed by atoms with Crippen LogP contribution in [0.2, 0.25) is 0 Å². The number of unbranched alkanes of at least 4 members (excludes halogenated alkanes) is 1. The minimum absolute atomic E-state index is 0.0641. The van der Waals surface area contributed by atoms with Crippen LogP contribution in [0.3, 0.4) is 0 Å². The predicted octanol–water partition coefficient (Wildman–Crippen LogP) is 3.30. The SMILES string of the molecule is CSc1c(NCCCCC(F)(F)F)sc(C(N)=O)c1N. The summed E-state index contributed by atoms with van der Waals surface area (Å²) in [5.74, 6) is -0.604. The number of thiophene rings is 1. The summed E-state index contributed by atoms with van der Waals surface area (Å²) < 4.78 is 35.9. The number of hydrogen-bond acceptors (Lipinski definition) is 5. The average molecular weight is 327 g/mol. The summed E-state index contributed by atoms with van der Waals surface area (Å²) in [6, 6.07) is 0. The van der Waals surface area contributed by atoms with Gasteiger partial charge in [0, 0.05) is 13.0 Å². The normalized spacial score (nSPS) is 11.6. The Morgan fingerprint density at radius 2 is 2.05 bits per heavy atom. The molecule has 0 atom stereocenters. The number of rotatable bonds is 7. The summed E-state index contributed by atoms with van der Waals surface area (Å²) in [5, 5.41) is 3.69. The number of alkyl halides is 3. The summed E-state index contributed by atoms with van der Waals surface area (Å²) >= 11 is 2.49. The van der Waals surface area contributed by atoms with Gasteiger partial charge in [-0.05, 0) is 19.1 Å². The van der Waals surface area contributed by atoms with E-state index in [1.165, 1.54) is 11.8 Å². The van der Waals surface area contributed by atoms with Crippen molar-refractivity contribution in [3.8, 4) is 0 Å². The van der Waals surface area contributed by atoms with Crippen LogP contribution in [0, 0.1) is 0 Å². The monoisotopic (exact) mass is 327 g/mol. The van der Waals surface area contributed by atoms with Crippen LogP contribution in [0.25, 0.3) is 0 Å². The average Bonchev–Trinajstić information content (AvgIpc) is 2.64. The van der Waals surface area contributed by atoms with Gasteiger partial charge in [-0.2, -0.15) is 13.2 Å². The summed E-state index contributed by atoms with van der Waals surface area (Å²) in [4.78, 5) is 12.2. The Morgan fingerprint density at radius 3 is 2.55 bits per heavy atom. The van der Waals surface area contributed by atoms with Gasteiger partial charge < -0.3 is 16.8 Å². The highest BCUT2D eigenvalue weighted by molar-refractivity contribution is 7.99. The first-order chi connectivity index (χ1) is 9.26. The zero-order chi connectivity index (χ0) is 15.3. The van der Waals surface area contributed by atoms with Gasteiger partial charge in [-0.25, -0.2) is 0 Å². The van der Waals surface area contributed by atoms with Crippen molar-refractivity contribution >= 4 is 39.7 Å². The fourth-order valence-electron chi connectivity index (χ4n) is 1.58. The molecule has 0 saturated heterocycles. The molecular weight excluding hydrogens is 311 g/mol. The van der Waals surface area contributed by atoms with Gasteiger partial charge in [0.1, 0.15) is 9.88 Å². The Bertz CT molecular complexity index is 474. The van der Waals surface area contributed by atoms with Gasteiger partial charge in [0.25, 0.3) is 5.91 Å². The molecule has 20 heavy (non-hydrogen) atoms. The van der Waals surface area contributed by atoms with E-state index in [-0.39, 0.29) is 11.3 Å². The molecule has 9 heteroatoms. The Hall–Kier alpha value is -1.09. The zero-order valence-corrected chi connectivity index (χ0v) is 12.5. The van der Waals surface area contributed by atoms with E-state index < -0.39 is 18.5 Å². The Labute approximate surface area is 123 Å². The van der Waals surface area contributed by atoms with E-state index in [9.17, 15) is 18.0 Å². The summed E-state index contributed by atoms with van der Waals surface area (Å²) in [6.45, 7) is 0.391. The molecule has 0 saturated carbocycles. The maximum absolute atomic E-state index is 12.0. The molecule has 0 spiro atoms. The lowest BCUT2D eigenvalue weighted by molar-refractivity contribution is -0.135. The van der Waals surface area contributed by atoms with Gasteiger partial charge in [0.05, 0.1) is 10.6 Å². The van der Waals surface area contributed by atoms with Gasteiger partial charge in [-0.3, -0.25) is 4.79 Å².